The van der Waals surface area contributed by atoms with E-state index in [9.17, 15) is 38.4 Å². The predicted molar refractivity (Wildman–Crippen MR) is 158 cm³/mol. The summed E-state index contributed by atoms with van der Waals surface area (Å²) in [7, 11) is 0. The number of benzene rings is 4. The summed E-state index contributed by atoms with van der Waals surface area (Å²) < 4.78 is 0. The molecule has 4 aromatic carbocycles. The van der Waals surface area contributed by atoms with Gasteiger partial charge in [-0.25, -0.2) is 38.4 Å². The van der Waals surface area contributed by atoms with Gasteiger partial charge in [0.15, 0.2) is 0 Å². The summed E-state index contributed by atoms with van der Waals surface area (Å²) in [5.41, 5.74) is -1.54. The Morgan fingerprint density at radius 1 is 0.179 bits per heavy atom. The molecule has 0 spiro atoms. The van der Waals surface area contributed by atoms with E-state index in [2.05, 4.69) is 79.4 Å². The Morgan fingerprint density at radius 2 is 0.268 bits per heavy atom. The van der Waals surface area contributed by atoms with Crippen LogP contribution in [0.5, 0.6) is 0 Å². The van der Waals surface area contributed by atoms with Crippen molar-refractivity contribution in [2.24, 2.45) is 0 Å². The zero-order chi connectivity index (χ0) is 39.9. The van der Waals surface area contributed by atoms with Crippen molar-refractivity contribution in [1.29, 1.82) is 0 Å². The number of rotatable bonds is 0. The molecule has 7 heterocycles. The summed E-state index contributed by atoms with van der Waals surface area (Å²) in [6.07, 6.45) is 0. The third-order valence-corrected chi connectivity index (χ3v) is 6.41. The van der Waals surface area contributed by atoms with E-state index in [1.54, 1.807) is 0 Å². The fourth-order valence-corrected chi connectivity index (χ4v) is 3.71. The maximum atomic E-state index is 12.1. The van der Waals surface area contributed by atoms with Gasteiger partial charge in [0.25, 0.3) is 0 Å². The SMILES string of the molecule is O=C1OOOOC(=O)c2ccc(cc2)C(=O)OOOOC(=O)c2ccc(cc2)C(=O)OOOOC(=O)c2ccc(cc2)C(=O)OOOOC(=O)c2ccc1cc2. The van der Waals surface area contributed by atoms with Crippen LogP contribution in [0.25, 0.3) is 0 Å². The quantitative estimate of drug-likeness (QED) is 0.231. The Bertz CT molecular complexity index is 1630. The molecule has 8 bridgehead atoms. The molecule has 0 radical (unpaired) electrons. The average molecular weight is 784 g/mol. The standard InChI is InChI=1S/C32H16O24/c33-25-17-1-2-18(4-3-17)26(34)42-50-52-44-28(36)20-9-11-22(12-10-20)30(38)46-54-56-48-32(40)24-15-13-23(14-16-24)31(39)47-55-53-45-29(37)21-7-5-19(6-8-21)27(35)43-51-49-41-25/h1-16H. The van der Waals surface area contributed by atoms with Crippen LogP contribution in [-0.2, 0) is 79.4 Å². The highest BCUT2D eigenvalue weighted by Crippen LogP contribution is 2.13. The molecule has 0 N–H and O–H groups in total. The van der Waals surface area contributed by atoms with Gasteiger partial charge in [-0.15, -0.1) is 0 Å². The smallest absolute Gasteiger partial charge is 0.260 e. The lowest BCUT2D eigenvalue weighted by Gasteiger charge is -2.05. The van der Waals surface area contributed by atoms with Crippen LogP contribution in [0.2, 0.25) is 0 Å². The van der Waals surface area contributed by atoms with Crippen LogP contribution >= 0.6 is 0 Å². The monoisotopic (exact) mass is 784 g/mol. The predicted octanol–water partition coefficient (Wildman–Crippen LogP) is 3.17. The largest absolute Gasteiger partial charge is 0.376 e. The van der Waals surface area contributed by atoms with Crippen molar-refractivity contribution >= 4 is 47.8 Å². The second kappa shape index (κ2) is 19.4. The van der Waals surface area contributed by atoms with E-state index in [1.807, 2.05) is 0 Å². The molecule has 56 heavy (non-hydrogen) atoms. The third kappa shape index (κ3) is 11.2. The highest BCUT2D eigenvalue weighted by atomic mass is 17.7. The summed E-state index contributed by atoms with van der Waals surface area (Å²) in [4.78, 5) is 132. The maximum Gasteiger partial charge on any atom is 0.376 e. The molecule has 7 aliphatic heterocycles. The minimum Gasteiger partial charge on any atom is -0.260 e. The van der Waals surface area contributed by atoms with Gasteiger partial charge in [-0.05, 0) is 97.1 Å². The molecule has 11 rings (SSSR count). The summed E-state index contributed by atoms with van der Waals surface area (Å²) in [5.74, 6) is -9.37. The molecule has 0 amide bonds. The molecule has 288 valence electrons. The van der Waals surface area contributed by atoms with Crippen LogP contribution in [-0.4, -0.2) is 47.8 Å². The Balaban J connectivity index is 1.18. The Kier molecular flexibility index (Phi) is 13.7. The van der Waals surface area contributed by atoms with E-state index >= 15 is 0 Å². The van der Waals surface area contributed by atoms with Gasteiger partial charge in [-0.3, -0.25) is 39.1 Å². The first-order valence-corrected chi connectivity index (χ1v) is 14.6. The van der Waals surface area contributed by atoms with Crippen LogP contribution < -0.4 is 0 Å². The van der Waals surface area contributed by atoms with E-state index in [0.717, 1.165) is 97.1 Å². The average Bonchev–Trinajstić information content (AvgIpc) is 3.23. The lowest BCUT2D eigenvalue weighted by molar-refractivity contribution is -0.595. The summed E-state index contributed by atoms with van der Waals surface area (Å²) in [6, 6.07) is 17.3. The summed E-state index contributed by atoms with van der Waals surface area (Å²) >= 11 is 0. The second-order valence-electron chi connectivity index (χ2n) is 9.82. The van der Waals surface area contributed by atoms with Gasteiger partial charge in [0.05, 0.1) is 44.5 Å². The summed E-state index contributed by atoms with van der Waals surface area (Å²) in [5, 5.41) is 32.7. The molecule has 0 fully saturated rings. The van der Waals surface area contributed by atoms with Gasteiger partial charge >= 0.3 is 47.8 Å². The second-order valence-corrected chi connectivity index (χ2v) is 9.82. The van der Waals surface area contributed by atoms with Crippen LogP contribution in [0.4, 0.5) is 0 Å². The molecule has 7 aliphatic rings. The first-order chi connectivity index (χ1) is 27.1. The van der Waals surface area contributed by atoms with Gasteiger partial charge < -0.3 is 0 Å². The van der Waals surface area contributed by atoms with Gasteiger partial charge in [0, 0.05) is 40.3 Å². The third-order valence-electron chi connectivity index (χ3n) is 6.41. The minimum atomic E-state index is -1.17. The van der Waals surface area contributed by atoms with Gasteiger partial charge in [-0.2, -0.15) is 0 Å². The molecule has 0 unspecified atom stereocenters. The highest BCUT2D eigenvalue weighted by molar-refractivity contribution is 5.95. The lowest BCUT2D eigenvalue weighted by Crippen LogP contribution is -2.13. The lowest BCUT2D eigenvalue weighted by atomic mass is 10.1. The molecular formula is C32H16O24. The maximum absolute atomic E-state index is 12.1. The van der Waals surface area contributed by atoms with Gasteiger partial charge in [0.1, 0.15) is 0 Å². The van der Waals surface area contributed by atoms with Crippen molar-refractivity contribution < 1.29 is 118 Å². The molecule has 24 heteroatoms. The zero-order valence-electron chi connectivity index (χ0n) is 27.0. The van der Waals surface area contributed by atoms with Crippen molar-refractivity contribution in [1.82, 2.24) is 0 Å². The number of carbonyl (C=O) groups excluding carboxylic acids is 8. The zero-order valence-corrected chi connectivity index (χ0v) is 27.0. The summed E-state index contributed by atoms with van der Waals surface area (Å²) in [6.45, 7) is 0. The van der Waals surface area contributed by atoms with Crippen LogP contribution in [0.1, 0.15) is 82.9 Å². The van der Waals surface area contributed by atoms with Crippen molar-refractivity contribution in [3.63, 3.8) is 0 Å². The normalized spacial score (nSPS) is 16.0. The fraction of sp³-hybridized carbons (Fsp3) is 0. The van der Waals surface area contributed by atoms with Crippen molar-refractivity contribution in [2.45, 2.75) is 0 Å². The fourth-order valence-electron chi connectivity index (χ4n) is 3.71. The van der Waals surface area contributed by atoms with Crippen molar-refractivity contribution in [3.8, 4) is 0 Å². The van der Waals surface area contributed by atoms with Crippen LogP contribution in [0.15, 0.2) is 97.1 Å². The van der Waals surface area contributed by atoms with Crippen LogP contribution in [0, 0.1) is 0 Å². The van der Waals surface area contributed by atoms with Crippen LogP contribution in [0.3, 0.4) is 0 Å². The highest BCUT2D eigenvalue weighted by Gasteiger charge is 2.19. The first-order valence-electron chi connectivity index (χ1n) is 14.6. The molecule has 0 atom stereocenters. The molecular weight excluding hydrogens is 768 g/mol. The van der Waals surface area contributed by atoms with Gasteiger partial charge in [0.2, 0.25) is 0 Å². The van der Waals surface area contributed by atoms with Crippen molar-refractivity contribution in [3.05, 3.63) is 142 Å². The topological polar surface area (TPSA) is 284 Å². The first kappa shape index (κ1) is 39.5. The van der Waals surface area contributed by atoms with E-state index in [-0.39, 0.29) is 44.5 Å². The molecule has 0 saturated heterocycles. The van der Waals surface area contributed by atoms with E-state index in [0.29, 0.717) is 0 Å². The Labute approximate surface area is 307 Å². The number of carbonyl (C=O) groups is 8. The van der Waals surface area contributed by atoms with Gasteiger partial charge in [-0.1, -0.05) is 0 Å². The van der Waals surface area contributed by atoms with E-state index in [4.69, 9.17) is 0 Å². The minimum absolute atomic E-state index is 0.192. The Morgan fingerprint density at radius 3 is 0.357 bits per heavy atom. The molecule has 4 aromatic rings. The number of hydrogen-bond donors (Lipinski definition) is 0. The molecule has 0 saturated carbocycles. The van der Waals surface area contributed by atoms with E-state index < -0.39 is 47.8 Å². The number of hydrogen-bond acceptors (Lipinski definition) is 24. The van der Waals surface area contributed by atoms with E-state index in [1.165, 1.54) is 0 Å². The molecule has 24 nitrogen and oxygen atoms in total. The Hall–Kier alpha value is -7.68. The molecule has 0 aliphatic carbocycles. The molecule has 0 aromatic heterocycles. The van der Waals surface area contributed by atoms with Crippen molar-refractivity contribution in [2.75, 3.05) is 0 Å².